The van der Waals surface area contributed by atoms with Gasteiger partial charge in [0.1, 0.15) is 5.82 Å². The molecule has 3 nitrogen and oxygen atoms in total. The van der Waals surface area contributed by atoms with Gasteiger partial charge in [0.25, 0.3) is 0 Å². The Kier molecular flexibility index (Phi) is 4.11. The summed E-state index contributed by atoms with van der Waals surface area (Å²) < 4.78 is 13.4. The molecular formula is C12H16ClFN2O. The number of carbonyl (C=O) groups is 1. The lowest BCUT2D eigenvalue weighted by molar-refractivity contribution is -0.119. The molecule has 0 spiro atoms. The van der Waals surface area contributed by atoms with Crippen LogP contribution in [-0.2, 0) is 4.79 Å². The Morgan fingerprint density at radius 3 is 2.59 bits per heavy atom. The van der Waals surface area contributed by atoms with Gasteiger partial charge in [-0.3, -0.25) is 4.79 Å². The molecule has 1 aromatic rings. The van der Waals surface area contributed by atoms with Gasteiger partial charge in [-0.2, -0.15) is 0 Å². The van der Waals surface area contributed by atoms with Crippen LogP contribution in [0.2, 0.25) is 5.02 Å². The maximum Gasteiger partial charge on any atom is 0.241 e. The molecule has 0 saturated heterocycles. The van der Waals surface area contributed by atoms with E-state index in [-0.39, 0.29) is 11.1 Å². The Balaban J connectivity index is 2.85. The number of carbonyl (C=O) groups excluding carboxylic acids is 1. The van der Waals surface area contributed by atoms with Crippen LogP contribution in [0.3, 0.4) is 0 Å². The molecule has 0 fully saturated rings. The second-order valence-electron chi connectivity index (χ2n) is 4.96. The number of nitrogens with two attached hydrogens (primary N) is 1. The van der Waals surface area contributed by atoms with Gasteiger partial charge >= 0.3 is 0 Å². The molecule has 0 bridgehead atoms. The highest BCUT2D eigenvalue weighted by Crippen LogP contribution is 2.22. The number of benzene rings is 1. The van der Waals surface area contributed by atoms with E-state index in [1.54, 1.807) is 0 Å². The van der Waals surface area contributed by atoms with Gasteiger partial charge in [0.05, 0.1) is 11.7 Å². The van der Waals surface area contributed by atoms with Gasteiger partial charge in [-0.25, -0.2) is 4.39 Å². The summed E-state index contributed by atoms with van der Waals surface area (Å²) in [6.45, 7) is 5.52. The van der Waals surface area contributed by atoms with Crippen LogP contribution < -0.4 is 11.1 Å². The van der Waals surface area contributed by atoms with E-state index >= 15 is 0 Å². The summed E-state index contributed by atoms with van der Waals surface area (Å²) in [7, 11) is 0. The molecule has 0 aliphatic heterocycles. The Bertz CT molecular complexity index is 429. The zero-order valence-corrected chi connectivity index (χ0v) is 10.8. The number of hydrogen-bond donors (Lipinski definition) is 2. The number of nitrogens with one attached hydrogen (secondary N) is 1. The van der Waals surface area contributed by atoms with Crippen molar-refractivity contribution in [3.63, 3.8) is 0 Å². The summed E-state index contributed by atoms with van der Waals surface area (Å²) in [4.78, 5) is 11.8. The number of rotatable bonds is 2. The molecule has 0 heterocycles. The van der Waals surface area contributed by atoms with E-state index in [2.05, 4.69) is 5.32 Å². The van der Waals surface area contributed by atoms with Crippen molar-refractivity contribution >= 4 is 23.2 Å². The Morgan fingerprint density at radius 2 is 2.06 bits per heavy atom. The summed E-state index contributed by atoms with van der Waals surface area (Å²) in [5.74, 6) is -0.970. The van der Waals surface area contributed by atoms with Gasteiger partial charge in [0, 0.05) is 5.02 Å². The predicted octanol–water partition coefficient (Wildman–Crippen LogP) is 2.79. The van der Waals surface area contributed by atoms with Gasteiger partial charge in [-0.05, 0) is 23.6 Å². The second-order valence-corrected chi connectivity index (χ2v) is 5.39. The van der Waals surface area contributed by atoms with Crippen molar-refractivity contribution < 1.29 is 9.18 Å². The largest absolute Gasteiger partial charge is 0.322 e. The molecule has 94 valence electrons. The predicted molar refractivity (Wildman–Crippen MR) is 67.5 cm³/mol. The number of anilines is 1. The standard InChI is InChI=1S/C12H16ClFN2O/c1-12(2,3)10(15)11(17)16-9-6-7(13)4-5-8(9)14/h4-6,10H,15H2,1-3H3,(H,16,17). The van der Waals surface area contributed by atoms with Crippen molar-refractivity contribution in [1.82, 2.24) is 0 Å². The van der Waals surface area contributed by atoms with E-state index in [0.29, 0.717) is 5.02 Å². The van der Waals surface area contributed by atoms with Gasteiger partial charge in [0.2, 0.25) is 5.91 Å². The van der Waals surface area contributed by atoms with Crippen molar-refractivity contribution in [2.45, 2.75) is 26.8 Å². The first-order valence-electron chi connectivity index (χ1n) is 5.23. The molecule has 5 heteroatoms. The monoisotopic (exact) mass is 258 g/mol. The minimum atomic E-state index is -0.721. The van der Waals surface area contributed by atoms with Gasteiger partial charge in [0.15, 0.2) is 0 Å². The van der Waals surface area contributed by atoms with Crippen molar-refractivity contribution in [2.75, 3.05) is 5.32 Å². The third-order valence-corrected chi connectivity index (χ3v) is 2.64. The van der Waals surface area contributed by atoms with Crippen molar-refractivity contribution in [2.24, 2.45) is 11.1 Å². The molecule has 1 rings (SSSR count). The molecule has 17 heavy (non-hydrogen) atoms. The van der Waals surface area contributed by atoms with E-state index < -0.39 is 17.8 Å². The lowest BCUT2D eigenvalue weighted by Crippen LogP contribution is -2.45. The molecule has 0 aromatic heterocycles. The van der Waals surface area contributed by atoms with Gasteiger partial charge in [-0.15, -0.1) is 0 Å². The zero-order chi connectivity index (χ0) is 13.2. The highest BCUT2D eigenvalue weighted by molar-refractivity contribution is 6.30. The summed E-state index contributed by atoms with van der Waals surface area (Å²) in [5, 5.41) is 2.79. The second kappa shape index (κ2) is 5.02. The van der Waals surface area contributed by atoms with E-state index in [0.717, 1.165) is 0 Å². The highest BCUT2D eigenvalue weighted by atomic mass is 35.5. The molecule has 1 aromatic carbocycles. The molecule has 0 saturated carbocycles. The molecule has 1 atom stereocenters. The summed E-state index contributed by atoms with van der Waals surface area (Å²) in [6, 6.07) is 3.24. The minimum Gasteiger partial charge on any atom is -0.322 e. The minimum absolute atomic E-state index is 0.0437. The van der Waals surface area contributed by atoms with E-state index in [1.165, 1.54) is 18.2 Å². The molecule has 1 amide bonds. The summed E-state index contributed by atoms with van der Waals surface area (Å²) in [6.07, 6.45) is 0. The number of amides is 1. The van der Waals surface area contributed by atoms with Crippen LogP contribution in [0.15, 0.2) is 18.2 Å². The maximum absolute atomic E-state index is 13.4. The first kappa shape index (κ1) is 13.9. The normalized spacial score (nSPS) is 13.3. The van der Waals surface area contributed by atoms with Crippen LogP contribution >= 0.6 is 11.6 Å². The van der Waals surface area contributed by atoms with Crippen molar-refractivity contribution in [1.29, 1.82) is 0 Å². The molecule has 0 aliphatic carbocycles. The van der Waals surface area contributed by atoms with Crippen LogP contribution in [0.5, 0.6) is 0 Å². The summed E-state index contributed by atoms with van der Waals surface area (Å²) >= 11 is 5.72. The van der Waals surface area contributed by atoms with Crippen LogP contribution in [0.25, 0.3) is 0 Å². The van der Waals surface area contributed by atoms with E-state index in [9.17, 15) is 9.18 Å². The van der Waals surface area contributed by atoms with Crippen LogP contribution in [0, 0.1) is 11.2 Å². The molecule has 1 unspecified atom stereocenters. The average molecular weight is 259 g/mol. The van der Waals surface area contributed by atoms with Gasteiger partial charge in [-0.1, -0.05) is 32.4 Å². The first-order valence-corrected chi connectivity index (χ1v) is 5.61. The third kappa shape index (κ3) is 3.68. The molecule has 3 N–H and O–H groups in total. The van der Waals surface area contributed by atoms with Crippen molar-refractivity contribution in [3.8, 4) is 0 Å². The maximum atomic E-state index is 13.4. The SMILES string of the molecule is CC(C)(C)C(N)C(=O)Nc1cc(Cl)ccc1F. The molecular weight excluding hydrogens is 243 g/mol. The van der Waals surface area contributed by atoms with E-state index in [1.807, 2.05) is 20.8 Å². The number of halogens is 2. The fraction of sp³-hybridized carbons (Fsp3) is 0.417. The first-order chi connectivity index (χ1) is 7.71. The Morgan fingerprint density at radius 1 is 1.47 bits per heavy atom. The zero-order valence-electron chi connectivity index (χ0n) is 10.1. The highest BCUT2D eigenvalue weighted by Gasteiger charge is 2.27. The van der Waals surface area contributed by atoms with E-state index in [4.69, 9.17) is 17.3 Å². The third-order valence-electron chi connectivity index (χ3n) is 2.40. The number of hydrogen-bond acceptors (Lipinski definition) is 2. The fourth-order valence-electron chi connectivity index (χ4n) is 1.20. The van der Waals surface area contributed by atoms with Crippen LogP contribution in [0.1, 0.15) is 20.8 Å². The quantitative estimate of drug-likeness (QED) is 0.857. The lowest BCUT2D eigenvalue weighted by Gasteiger charge is -2.25. The fourth-order valence-corrected chi connectivity index (χ4v) is 1.37. The summed E-state index contributed by atoms with van der Waals surface area (Å²) in [5.41, 5.74) is 5.42. The molecule has 0 aliphatic rings. The lowest BCUT2D eigenvalue weighted by atomic mass is 9.87. The average Bonchev–Trinajstić information content (AvgIpc) is 2.21. The smallest absolute Gasteiger partial charge is 0.241 e. The van der Waals surface area contributed by atoms with Gasteiger partial charge < -0.3 is 11.1 Å². The Labute approximate surface area is 105 Å². The van der Waals surface area contributed by atoms with Crippen LogP contribution in [-0.4, -0.2) is 11.9 Å². The topological polar surface area (TPSA) is 55.1 Å². The van der Waals surface area contributed by atoms with Crippen LogP contribution in [0.4, 0.5) is 10.1 Å². The Hall–Kier alpha value is -1.13. The molecule has 0 radical (unpaired) electrons. The van der Waals surface area contributed by atoms with Crippen molar-refractivity contribution in [3.05, 3.63) is 29.0 Å².